The molecule has 2 aromatic rings. The van der Waals surface area contributed by atoms with Crippen LogP contribution in [0.15, 0.2) is 41.3 Å². The molecule has 9 heteroatoms. The van der Waals surface area contributed by atoms with Gasteiger partial charge >= 0.3 is 6.09 Å². The number of hydrogen-bond acceptors (Lipinski definition) is 6. The van der Waals surface area contributed by atoms with Gasteiger partial charge in [-0.1, -0.05) is 12.1 Å². The number of carbonyl (C=O) groups excluding carboxylic acids is 1. The van der Waals surface area contributed by atoms with Gasteiger partial charge in [-0.2, -0.15) is 0 Å². The third kappa shape index (κ3) is 5.40. The third-order valence-electron chi connectivity index (χ3n) is 5.65. The maximum absolute atomic E-state index is 14.7. The second-order valence-electron chi connectivity index (χ2n) is 9.41. The number of benzene rings is 2. The lowest BCUT2D eigenvalue weighted by molar-refractivity contribution is 0.0164. The van der Waals surface area contributed by atoms with Crippen LogP contribution in [-0.2, 0) is 14.6 Å². The summed E-state index contributed by atoms with van der Waals surface area (Å²) in [6.45, 7) is 7.06. The molecule has 0 atom stereocenters. The summed E-state index contributed by atoms with van der Waals surface area (Å²) in [5.74, 6) is -0.200. The van der Waals surface area contributed by atoms with Crippen LogP contribution < -0.4 is 9.47 Å². The molecule has 0 aromatic heterocycles. The van der Waals surface area contributed by atoms with Crippen LogP contribution in [0.2, 0.25) is 0 Å². The van der Waals surface area contributed by atoms with Gasteiger partial charge in [0.2, 0.25) is 9.84 Å². The second kappa shape index (κ2) is 8.85. The first kappa shape index (κ1) is 23.4. The number of rotatable bonds is 4. The highest BCUT2D eigenvalue weighted by Crippen LogP contribution is 2.36. The van der Waals surface area contributed by atoms with E-state index in [9.17, 15) is 17.6 Å². The summed E-state index contributed by atoms with van der Waals surface area (Å²) >= 11 is 0. The zero-order valence-electron chi connectivity index (χ0n) is 19.0. The first-order valence-electron chi connectivity index (χ1n) is 10.9. The van der Waals surface area contributed by atoms with E-state index in [1.807, 2.05) is 20.8 Å². The molecule has 1 saturated heterocycles. The first-order valence-corrected chi connectivity index (χ1v) is 12.6. The molecule has 2 heterocycles. The van der Waals surface area contributed by atoms with Crippen molar-refractivity contribution in [2.75, 3.05) is 25.6 Å². The van der Waals surface area contributed by atoms with E-state index in [4.69, 9.17) is 14.2 Å². The fraction of sp³-hybridized carbons (Fsp3) is 0.458. The topological polar surface area (TPSA) is 82.1 Å². The summed E-state index contributed by atoms with van der Waals surface area (Å²) in [6.07, 6.45) is 1.21. The van der Waals surface area contributed by atoms with E-state index >= 15 is 0 Å². The van der Waals surface area contributed by atoms with Gasteiger partial charge in [-0.05, 0) is 74.9 Å². The van der Waals surface area contributed by atoms with Gasteiger partial charge in [0.05, 0.1) is 6.61 Å². The number of carbonyl (C=O) groups is 1. The Morgan fingerprint density at radius 2 is 1.79 bits per heavy atom. The maximum atomic E-state index is 14.7. The molecule has 2 aliphatic heterocycles. The number of halogens is 1. The number of ether oxygens (including phenoxy) is 3. The van der Waals surface area contributed by atoms with E-state index < -0.39 is 21.3 Å². The Kier molecular flexibility index (Phi) is 6.26. The Hall–Kier alpha value is -2.81. The van der Waals surface area contributed by atoms with Crippen molar-refractivity contribution in [1.29, 1.82) is 0 Å². The SMILES string of the molecule is CC(C)(C)OC(=O)N1CCC(COc2ccc(-c3ccc4c(c3)OCS4(=O)=O)cc2F)CC1. The van der Waals surface area contributed by atoms with Crippen molar-refractivity contribution >= 4 is 15.9 Å². The Bertz CT molecular complexity index is 1150. The molecular weight excluding hydrogens is 449 g/mol. The molecule has 4 rings (SSSR count). The Labute approximate surface area is 193 Å². The van der Waals surface area contributed by atoms with Crippen LogP contribution >= 0.6 is 0 Å². The first-order chi connectivity index (χ1) is 15.5. The monoisotopic (exact) mass is 477 g/mol. The van der Waals surface area contributed by atoms with Crippen molar-refractivity contribution in [2.45, 2.75) is 44.1 Å². The highest BCUT2D eigenvalue weighted by Gasteiger charge is 2.29. The molecule has 0 N–H and O–H groups in total. The van der Waals surface area contributed by atoms with E-state index in [2.05, 4.69) is 0 Å². The zero-order chi connectivity index (χ0) is 23.8. The summed E-state index contributed by atoms with van der Waals surface area (Å²) in [4.78, 5) is 14.0. The standard InChI is InChI=1S/C24H28FNO6S/c1-24(2,3)32-23(27)26-10-8-16(9-11-26)14-30-20-6-4-17(12-19(20)25)18-5-7-22-21(13-18)31-15-33(22,28)29/h4-7,12-13,16H,8-11,14-15H2,1-3H3. The Balaban J connectivity index is 1.33. The van der Waals surface area contributed by atoms with Gasteiger partial charge in [0.25, 0.3) is 0 Å². The normalized spacial score (nSPS) is 17.9. The van der Waals surface area contributed by atoms with E-state index in [-0.39, 0.29) is 34.3 Å². The smallest absolute Gasteiger partial charge is 0.410 e. The molecule has 33 heavy (non-hydrogen) atoms. The van der Waals surface area contributed by atoms with Gasteiger partial charge < -0.3 is 19.1 Å². The number of nitrogens with zero attached hydrogens (tertiary/aromatic N) is 1. The minimum Gasteiger partial charge on any atom is -0.490 e. The predicted octanol–water partition coefficient (Wildman–Crippen LogP) is 4.64. The fourth-order valence-electron chi connectivity index (χ4n) is 3.88. The second-order valence-corrected chi connectivity index (χ2v) is 11.3. The summed E-state index contributed by atoms with van der Waals surface area (Å²) < 4.78 is 54.8. The van der Waals surface area contributed by atoms with Crippen molar-refractivity contribution < 1.29 is 31.8 Å². The van der Waals surface area contributed by atoms with Crippen LogP contribution in [0.4, 0.5) is 9.18 Å². The lowest BCUT2D eigenvalue weighted by Crippen LogP contribution is -2.42. The van der Waals surface area contributed by atoms with Gasteiger partial charge in [-0.3, -0.25) is 0 Å². The number of hydrogen-bond donors (Lipinski definition) is 0. The summed E-state index contributed by atoms with van der Waals surface area (Å²) in [7, 11) is -3.40. The molecule has 0 bridgehead atoms. The molecule has 0 spiro atoms. The Morgan fingerprint density at radius 3 is 2.45 bits per heavy atom. The average Bonchev–Trinajstić information content (AvgIpc) is 3.06. The number of fused-ring (bicyclic) bond motifs is 1. The molecule has 0 saturated carbocycles. The van der Waals surface area contributed by atoms with Gasteiger partial charge in [-0.25, -0.2) is 17.6 Å². The van der Waals surface area contributed by atoms with Crippen LogP contribution in [0.5, 0.6) is 11.5 Å². The molecule has 1 fully saturated rings. The quantitative estimate of drug-likeness (QED) is 0.638. The predicted molar refractivity (Wildman–Crippen MR) is 121 cm³/mol. The van der Waals surface area contributed by atoms with E-state index in [0.29, 0.717) is 30.8 Å². The molecule has 2 aromatic carbocycles. The van der Waals surface area contributed by atoms with Crippen LogP contribution in [0.1, 0.15) is 33.6 Å². The van der Waals surface area contributed by atoms with Gasteiger partial charge in [0.15, 0.2) is 17.5 Å². The number of amides is 1. The van der Waals surface area contributed by atoms with E-state index in [1.54, 1.807) is 29.2 Å². The van der Waals surface area contributed by atoms with Crippen molar-refractivity contribution in [3.05, 3.63) is 42.2 Å². The van der Waals surface area contributed by atoms with Crippen molar-refractivity contribution in [3.8, 4) is 22.6 Å². The number of sulfone groups is 1. The van der Waals surface area contributed by atoms with Crippen LogP contribution in [0.25, 0.3) is 11.1 Å². The van der Waals surface area contributed by atoms with Gasteiger partial charge in [0, 0.05) is 13.1 Å². The molecule has 2 aliphatic rings. The molecule has 0 aliphatic carbocycles. The molecule has 0 unspecified atom stereocenters. The number of piperidine rings is 1. The van der Waals surface area contributed by atoms with Crippen LogP contribution in [0.3, 0.4) is 0 Å². The highest BCUT2D eigenvalue weighted by atomic mass is 32.2. The molecule has 1 amide bonds. The van der Waals surface area contributed by atoms with Gasteiger partial charge in [-0.15, -0.1) is 0 Å². The summed E-state index contributed by atoms with van der Waals surface area (Å²) in [5.41, 5.74) is 0.734. The van der Waals surface area contributed by atoms with Crippen molar-refractivity contribution in [2.24, 2.45) is 5.92 Å². The molecule has 178 valence electrons. The summed E-state index contributed by atoms with van der Waals surface area (Å²) in [5, 5.41) is 0. The van der Waals surface area contributed by atoms with E-state index in [1.165, 1.54) is 12.1 Å². The molecule has 7 nitrogen and oxygen atoms in total. The maximum Gasteiger partial charge on any atom is 0.410 e. The highest BCUT2D eigenvalue weighted by molar-refractivity contribution is 7.91. The molecular formula is C24H28FNO6S. The van der Waals surface area contributed by atoms with Crippen LogP contribution in [0, 0.1) is 11.7 Å². The number of likely N-dealkylation sites (tertiary alicyclic amines) is 1. The third-order valence-corrected chi connectivity index (χ3v) is 7.09. The van der Waals surface area contributed by atoms with Crippen LogP contribution in [-0.4, -0.2) is 50.6 Å². The zero-order valence-corrected chi connectivity index (χ0v) is 19.8. The minimum absolute atomic E-state index is 0.157. The lowest BCUT2D eigenvalue weighted by Gasteiger charge is -2.33. The molecule has 0 radical (unpaired) electrons. The summed E-state index contributed by atoms with van der Waals surface area (Å²) in [6, 6.07) is 9.40. The van der Waals surface area contributed by atoms with Crippen molar-refractivity contribution in [1.82, 2.24) is 4.90 Å². The van der Waals surface area contributed by atoms with Crippen molar-refractivity contribution in [3.63, 3.8) is 0 Å². The largest absolute Gasteiger partial charge is 0.490 e. The van der Waals surface area contributed by atoms with Gasteiger partial charge in [0.1, 0.15) is 16.2 Å². The van der Waals surface area contributed by atoms with E-state index in [0.717, 1.165) is 12.8 Å². The fourth-order valence-corrected chi connectivity index (χ4v) is 4.98. The average molecular weight is 478 g/mol. The minimum atomic E-state index is -3.40. The lowest BCUT2D eigenvalue weighted by atomic mass is 9.98. The Morgan fingerprint density at radius 1 is 1.12 bits per heavy atom.